The van der Waals surface area contributed by atoms with Crippen molar-refractivity contribution in [2.24, 2.45) is 11.7 Å². The predicted molar refractivity (Wildman–Crippen MR) is 92.9 cm³/mol. The lowest BCUT2D eigenvalue weighted by molar-refractivity contribution is -0.141. The molecule has 0 aromatic heterocycles. The molecule has 1 heterocycles. The first kappa shape index (κ1) is 19.7. The average molecular weight is 343 g/mol. The Bertz CT molecular complexity index is 512. The molecule has 2 N–H and O–H groups in total. The van der Waals surface area contributed by atoms with Crippen molar-refractivity contribution in [2.45, 2.75) is 32.4 Å². The summed E-state index contributed by atoms with van der Waals surface area (Å²) in [5, 5.41) is 0. The van der Waals surface area contributed by atoms with Crippen LogP contribution in [0.15, 0.2) is 24.3 Å². The van der Waals surface area contributed by atoms with Gasteiger partial charge in [0.05, 0.1) is 26.3 Å². The van der Waals surface area contributed by atoms with Crippen LogP contribution in [-0.2, 0) is 9.53 Å². The second-order valence-electron chi connectivity index (χ2n) is 5.83. The predicted octanol–water partition coefficient (Wildman–Crippen LogP) is 2.39. The van der Waals surface area contributed by atoms with E-state index in [9.17, 15) is 4.79 Å². The lowest BCUT2D eigenvalue weighted by Crippen LogP contribution is -2.51. The molecule has 3 unspecified atom stereocenters. The van der Waals surface area contributed by atoms with Gasteiger partial charge in [0.25, 0.3) is 0 Å². The first-order chi connectivity index (χ1) is 10.6. The van der Waals surface area contributed by atoms with Crippen molar-refractivity contribution in [1.82, 2.24) is 4.90 Å². The van der Waals surface area contributed by atoms with Crippen molar-refractivity contribution in [3.05, 3.63) is 29.8 Å². The lowest BCUT2D eigenvalue weighted by atomic mass is 9.98. The molecule has 1 aromatic carbocycles. The highest BCUT2D eigenvalue weighted by Crippen LogP contribution is 2.26. The van der Waals surface area contributed by atoms with Crippen LogP contribution in [0.25, 0.3) is 0 Å². The van der Waals surface area contributed by atoms with E-state index in [1.54, 1.807) is 7.11 Å². The molecule has 130 valence electrons. The number of nitrogens with two attached hydrogens (primary N) is 1. The topological polar surface area (TPSA) is 64.8 Å². The number of methoxy groups -OCH3 is 1. The summed E-state index contributed by atoms with van der Waals surface area (Å²) in [6.45, 7) is 5.74. The summed E-state index contributed by atoms with van der Waals surface area (Å²) in [6, 6.07) is 7.34. The smallest absolute Gasteiger partial charge is 0.239 e. The van der Waals surface area contributed by atoms with Crippen molar-refractivity contribution in [3.8, 4) is 5.75 Å². The first-order valence-corrected chi connectivity index (χ1v) is 7.86. The van der Waals surface area contributed by atoms with Crippen molar-refractivity contribution >= 4 is 18.3 Å². The first-order valence-electron chi connectivity index (χ1n) is 7.86. The number of morpholine rings is 1. The van der Waals surface area contributed by atoms with E-state index in [0.717, 1.165) is 17.7 Å². The van der Waals surface area contributed by atoms with E-state index >= 15 is 0 Å². The number of carbonyl (C=O) groups is 1. The van der Waals surface area contributed by atoms with Crippen LogP contribution >= 0.6 is 12.4 Å². The molecule has 0 bridgehead atoms. The second kappa shape index (κ2) is 9.11. The van der Waals surface area contributed by atoms with Gasteiger partial charge < -0.3 is 20.1 Å². The summed E-state index contributed by atoms with van der Waals surface area (Å²) in [5.41, 5.74) is 7.10. The van der Waals surface area contributed by atoms with Crippen LogP contribution in [-0.4, -0.2) is 43.7 Å². The van der Waals surface area contributed by atoms with Crippen LogP contribution in [0.4, 0.5) is 0 Å². The molecule has 1 fully saturated rings. The maximum absolute atomic E-state index is 12.5. The molecule has 1 saturated heterocycles. The summed E-state index contributed by atoms with van der Waals surface area (Å²) in [5.74, 6) is 0.997. The van der Waals surface area contributed by atoms with Crippen molar-refractivity contribution in [3.63, 3.8) is 0 Å². The number of benzene rings is 1. The van der Waals surface area contributed by atoms with E-state index in [1.165, 1.54) is 0 Å². The van der Waals surface area contributed by atoms with Gasteiger partial charge >= 0.3 is 0 Å². The van der Waals surface area contributed by atoms with E-state index in [4.69, 9.17) is 15.2 Å². The summed E-state index contributed by atoms with van der Waals surface area (Å²) < 4.78 is 11.1. The SMILES string of the molecule is CCC(C)C(N)C(=O)N1CCOC(c2cccc(OC)c2)C1.Cl. The van der Waals surface area contributed by atoms with Gasteiger partial charge in [-0.05, 0) is 23.6 Å². The Balaban J connectivity index is 0.00000264. The molecule has 23 heavy (non-hydrogen) atoms. The van der Waals surface area contributed by atoms with Crippen LogP contribution in [0.2, 0.25) is 0 Å². The molecule has 1 aromatic rings. The molecule has 6 heteroatoms. The Kier molecular flexibility index (Phi) is 7.82. The van der Waals surface area contributed by atoms with Gasteiger partial charge in [0.2, 0.25) is 5.91 Å². The standard InChI is InChI=1S/C17H26N2O3.ClH/c1-4-12(2)16(18)17(20)19-8-9-22-15(11-19)13-6-5-7-14(10-13)21-3;/h5-7,10,12,15-16H,4,8-9,11,18H2,1-3H3;1H. The summed E-state index contributed by atoms with van der Waals surface area (Å²) >= 11 is 0. The monoisotopic (exact) mass is 342 g/mol. The van der Waals surface area contributed by atoms with Crippen LogP contribution in [0.1, 0.15) is 31.9 Å². The largest absolute Gasteiger partial charge is 0.497 e. The zero-order valence-electron chi connectivity index (χ0n) is 14.0. The van der Waals surface area contributed by atoms with Crippen molar-refractivity contribution in [1.29, 1.82) is 0 Å². The van der Waals surface area contributed by atoms with Gasteiger partial charge in [-0.1, -0.05) is 32.4 Å². The van der Waals surface area contributed by atoms with Gasteiger partial charge in [-0.15, -0.1) is 12.4 Å². The van der Waals surface area contributed by atoms with E-state index in [0.29, 0.717) is 19.7 Å². The van der Waals surface area contributed by atoms with Gasteiger partial charge in [0.1, 0.15) is 11.9 Å². The highest BCUT2D eigenvalue weighted by Gasteiger charge is 2.30. The fourth-order valence-corrected chi connectivity index (χ4v) is 2.60. The molecule has 0 spiro atoms. The Morgan fingerprint density at radius 3 is 2.91 bits per heavy atom. The average Bonchev–Trinajstić information content (AvgIpc) is 2.59. The highest BCUT2D eigenvalue weighted by molar-refractivity contribution is 5.85. The number of carbonyl (C=O) groups excluding carboxylic acids is 1. The second-order valence-corrected chi connectivity index (χ2v) is 5.83. The molecule has 1 aliphatic rings. The van der Waals surface area contributed by atoms with Crippen molar-refractivity contribution in [2.75, 3.05) is 26.8 Å². The molecule has 1 aliphatic heterocycles. The maximum atomic E-state index is 12.5. The van der Waals surface area contributed by atoms with E-state index < -0.39 is 6.04 Å². The number of hydrogen-bond donors (Lipinski definition) is 1. The molecule has 0 aliphatic carbocycles. The summed E-state index contributed by atoms with van der Waals surface area (Å²) in [7, 11) is 1.64. The fraction of sp³-hybridized carbons (Fsp3) is 0.588. The number of amides is 1. The van der Waals surface area contributed by atoms with Crippen LogP contribution < -0.4 is 10.5 Å². The highest BCUT2D eigenvalue weighted by atomic mass is 35.5. The lowest BCUT2D eigenvalue weighted by Gasteiger charge is -2.35. The number of nitrogens with zero attached hydrogens (tertiary/aromatic N) is 1. The van der Waals surface area contributed by atoms with Gasteiger partial charge in [-0.3, -0.25) is 4.79 Å². The third-order valence-electron chi connectivity index (χ3n) is 4.39. The Labute approximate surface area is 144 Å². The van der Waals surface area contributed by atoms with E-state index in [-0.39, 0.29) is 30.3 Å². The molecule has 2 rings (SSSR count). The number of halogens is 1. The minimum atomic E-state index is -0.436. The van der Waals surface area contributed by atoms with Gasteiger partial charge in [-0.25, -0.2) is 0 Å². The van der Waals surface area contributed by atoms with Gasteiger partial charge in [0.15, 0.2) is 0 Å². The normalized spacial score (nSPS) is 20.3. The molecule has 0 saturated carbocycles. The quantitative estimate of drug-likeness (QED) is 0.892. The van der Waals surface area contributed by atoms with E-state index in [1.807, 2.05) is 36.1 Å². The third kappa shape index (κ3) is 4.83. The van der Waals surface area contributed by atoms with Gasteiger partial charge in [-0.2, -0.15) is 0 Å². The van der Waals surface area contributed by atoms with Crippen LogP contribution in [0.3, 0.4) is 0 Å². The third-order valence-corrected chi connectivity index (χ3v) is 4.39. The Morgan fingerprint density at radius 1 is 1.52 bits per heavy atom. The van der Waals surface area contributed by atoms with Gasteiger partial charge in [0, 0.05) is 6.54 Å². The molecule has 5 nitrogen and oxygen atoms in total. The number of ether oxygens (including phenoxy) is 2. The summed E-state index contributed by atoms with van der Waals surface area (Å²) in [6.07, 6.45) is 0.772. The summed E-state index contributed by atoms with van der Waals surface area (Å²) in [4.78, 5) is 14.3. The van der Waals surface area contributed by atoms with E-state index in [2.05, 4.69) is 6.92 Å². The molecule has 3 atom stereocenters. The zero-order chi connectivity index (χ0) is 16.1. The molecule has 0 radical (unpaired) electrons. The van der Waals surface area contributed by atoms with Crippen molar-refractivity contribution < 1.29 is 14.3 Å². The fourth-order valence-electron chi connectivity index (χ4n) is 2.60. The molecular formula is C17H27ClN2O3. The number of hydrogen-bond acceptors (Lipinski definition) is 4. The van der Waals surface area contributed by atoms with Crippen LogP contribution in [0, 0.1) is 5.92 Å². The molecule has 1 amide bonds. The minimum Gasteiger partial charge on any atom is -0.497 e. The number of rotatable bonds is 5. The minimum absolute atomic E-state index is 0. The molecular weight excluding hydrogens is 316 g/mol. The van der Waals surface area contributed by atoms with Crippen LogP contribution in [0.5, 0.6) is 5.75 Å². The Morgan fingerprint density at radius 2 is 2.26 bits per heavy atom. The Hall–Kier alpha value is -1.30. The maximum Gasteiger partial charge on any atom is 0.239 e. The zero-order valence-corrected chi connectivity index (χ0v) is 14.8.